The molecule has 0 spiro atoms. The summed E-state index contributed by atoms with van der Waals surface area (Å²) in [6.45, 7) is 2.21. The molecule has 162 valence electrons. The molecule has 0 aromatic heterocycles. The molecule has 0 aliphatic carbocycles. The van der Waals surface area contributed by atoms with E-state index in [0.717, 1.165) is 0 Å². The Labute approximate surface area is 189 Å². The maximum absolute atomic E-state index is 13.9. The number of halogens is 2. The quantitative estimate of drug-likeness (QED) is 0.316. The number of aliphatic hydroxyl groups is 1. The summed E-state index contributed by atoms with van der Waals surface area (Å²) in [5.74, 6) is -2.29. The highest BCUT2D eigenvalue weighted by atomic mass is 35.5. The summed E-state index contributed by atoms with van der Waals surface area (Å²) in [5.41, 5.74) is 0.806. The number of benzene rings is 3. The Bertz CT molecular complexity index is 1230. The Morgan fingerprint density at radius 3 is 2.50 bits per heavy atom. The van der Waals surface area contributed by atoms with Gasteiger partial charge < -0.3 is 9.84 Å². The molecule has 1 amide bonds. The molecule has 1 atom stereocenters. The molecule has 0 bridgehead atoms. The van der Waals surface area contributed by atoms with Gasteiger partial charge >= 0.3 is 0 Å². The topological polar surface area (TPSA) is 66.8 Å². The first-order chi connectivity index (χ1) is 15.4. The number of hydrogen-bond donors (Lipinski definition) is 1. The second-order valence-electron chi connectivity index (χ2n) is 7.13. The van der Waals surface area contributed by atoms with Crippen LogP contribution in [0.1, 0.15) is 24.1 Å². The van der Waals surface area contributed by atoms with Crippen molar-refractivity contribution in [1.29, 1.82) is 0 Å². The minimum absolute atomic E-state index is 0.138. The average molecular weight is 452 g/mol. The molecule has 1 saturated heterocycles. The van der Waals surface area contributed by atoms with Crippen molar-refractivity contribution >= 4 is 34.7 Å². The van der Waals surface area contributed by atoms with Crippen LogP contribution in [0.3, 0.4) is 0 Å². The van der Waals surface area contributed by atoms with Crippen LogP contribution in [0.25, 0.3) is 5.76 Å². The highest BCUT2D eigenvalue weighted by molar-refractivity contribution is 6.52. The minimum Gasteiger partial charge on any atom is -0.507 e. The number of Topliss-reactive ketones (excluding diaryl/α,β-unsaturated/α-hetero) is 1. The number of aliphatic hydroxyl groups excluding tert-OH is 1. The molecule has 7 heteroatoms. The second-order valence-corrected chi connectivity index (χ2v) is 7.54. The summed E-state index contributed by atoms with van der Waals surface area (Å²) in [6, 6.07) is 17.9. The van der Waals surface area contributed by atoms with Crippen molar-refractivity contribution in [2.45, 2.75) is 13.0 Å². The second kappa shape index (κ2) is 8.85. The predicted octanol–water partition coefficient (Wildman–Crippen LogP) is 5.50. The SMILES string of the molecule is CCOc1ccc(Cl)c(/C(O)=C2\C(=O)C(=O)N(c3cccc(F)c3)C2c2ccccc2)c1. The van der Waals surface area contributed by atoms with Gasteiger partial charge in [-0.15, -0.1) is 0 Å². The fourth-order valence-electron chi connectivity index (χ4n) is 3.76. The van der Waals surface area contributed by atoms with Gasteiger partial charge in [0.1, 0.15) is 17.3 Å². The van der Waals surface area contributed by atoms with E-state index in [0.29, 0.717) is 17.9 Å². The zero-order chi connectivity index (χ0) is 22.8. The number of ether oxygens (including phenoxy) is 1. The molecule has 4 rings (SSSR count). The Morgan fingerprint density at radius 2 is 1.81 bits per heavy atom. The van der Waals surface area contributed by atoms with Crippen molar-refractivity contribution in [2.24, 2.45) is 0 Å². The Hall–Kier alpha value is -3.64. The molecule has 32 heavy (non-hydrogen) atoms. The molecular formula is C25H19ClFNO4. The smallest absolute Gasteiger partial charge is 0.300 e. The summed E-state index contributed by atoms with van der Waals surface area (Å²) in [5, 5.41) is 11.4. The summed E-state index contributed by atoms with van der Waals surface area (Å²) >= 11 is 6.31. The molecule has 0 radical (unpaired) electrons. The maximum Gasteiger partial charge on any atom is 0.300 e. The third-order valence-corrected chi connectivity index (χ3v) is 5.48. The van der Waals surface area contributed by atoms with Crippen molar-refractivity contribution in [3.8, 4) is 5.75 Å². The van der Waals surface area contributed by atoms with E-state index in [1.165, 1.54) is 35.2 Å². The number of carbonyl (C=O) groups is 2. The van der Waals surface area contributed by atoms with Crippen LogP contribution in [0.4, 0.5) is 10.1 Å². The lowest BCUT2D eigenvalue weighted by Crippen LogP contribution is -2.29. The third kappa shape index (κ3) is 3.85. The van der Waals surface area contributed by atoms with Crippen molar-refractivity contribution in [1.82, 2.24) is 0 Å². The molecule has 1 heterocycles. The largest absolute Gasteiger partial charge is 0.507 e. The molecule has 5 nitrogen and oxygen atoms in total. The lowest BCUT2D eigenvalue weighted by atomic mass is 9.95. The summed E-state index contributed by atoms with van der Waals surface area (Å²) in [6.07, 6.45) is 0. The Morgan fingerprint density at radius 1 is 1.06 bits per heavy atom. The van der Waals surface area contributed by atoms with E-state index in [9.17, 15) is 19.1 Å². The molecule has 1 fully saturated rings. The van der Waals surface area contributed by atoms with Crippen LogP contribution in [-0.4, -0.2) is 23.4 Å². The van der Waals surface area contributed by atoms with Crippen molar-refractivity contribution in [3.63, 3.8) is 0 Å². The van der Waals surface area contributed by atoms with Crippen LogP contribution in [-0.2, 0) is 9.59 Å². The normalized spacial score (nSPS) is 17.6. The van der Waals surface area contributed by atoms with Crippen LogP contribution in [0.15, 0.2) is 78.4 Å². The lowest BCUT2D eigenvalue weighted by molar-refractivity contribution is -0.132. The lowest BCUT2D eigenvalue weighted by Gasteiger charge is -2.25. The molecular weight excluding hydrogens is 433 g/mol. The average Bonchev–Trinajstić information content (AvgIpc) is 3.06. The van der Waals surface area contributed by atoms with Crippen LogP contribution in [0.2, 0.25) is 5.02 Å². The zero-order valence-corrected chi connectivity index (χ0v) is 17.8. The number of amides is 1. The Balaban J connectivity index is 1.95. The number of hydrogen-bond acceptors (Lipinski definition) is 4. The van der Waals surface area contributed by atoms with E-state index < -0.39 is 29.3 Å². The first-order valence-corrected chi connectivity index (χ1v) is 10.3. The Kier molecular flexibility index (Phi) is 5.97. The van der Waals surface area contributed by atoms with Gasteiger partial charge in [0.05, 0.1) is 23.2 Å². The van der Waals surface area contributed by atoms with Gasteiger partial charge in [-0.1, -0.05) is 48.0 Å². The van der Waals surface area contributed by atoms with Gasteiger partial charge in [0.2, 0.25) is 0 Å². The van der Waals surface area contributed by atoms with Crippen LogP contribution in [0.5, 0.6) is 5.75 Å². The van der Waals surface area contributed by atoms with Gasteiger partial charge in [0.15, 0.2) is 0 Å². The van der Waals surface area contributed by atoms with E-state index in [1.54, 1.807) is 42.5 Å². The van der Waals surface area contributed by atoms with Gasteiger partial charge in [-0.05, 0) is 48.9 Å². The van der Waals surface area contributed by atoms with Crippen LogP contribution < -0.4 is 9.64 Å². The van der Waals surface area contributed by atoms with Crippen molar-refractivity contribution in [2.75, 3.05) is 11.5 Å². The number of anilines is 1. The number of carbonyl (C=O) groups excluding carboxylic acids is 2. The fourth-order valence-corrected chi connectivity index (χ4v) is 3.97. The molecule has 1 unspecified atom stereocenters. The van der Waals surface area contributed by atoms with E-state index in [-0.39, 0.29) is 21.8 Å². The monoisotopic (exact) mass is 451 g/mol. The van der Waals surface area contributed by atoms with E-state index in [1.807, 2.05) is 6.92 Å². The standard InChI is InChI=1S/C25H19ClFNO4/c1-2-32-18-11-12-20(26)19(14-18)23(29)21-22(15-7-4-3-5-8-15)28(25(31)24(21)30)17-10-6-9-16(27)13-17/h3-14,22,29H,2H2,1H3/b23-21+. The summed E-state index contributed by atoms with van der Waals surface area (Å²) in [4.78, 5) is 27.4. The van der Waals surface area contributed by atoms with Crippen LogP contribution >= 0.6 is 11.6 Å². The first-order valence-electron chi connectivity index (χ1n) is 9.96. The molecule has 1 N–H and O–H groups in total. The van der Waals surface area contributed by atoms with Gasteiger partial charge in [0.25, 0.3) is 11.7 Å². The predicted molar refractivity (Wildman–Crippen MR) is 120 cm³/mol. The van der Waals surface area contributed by atoms with Crippen molar-refractivity contribution in [3.05, 3.63) is 100 Å². The van der Waals surface area contributed by atoms with Gasteiger partial charge in [-0.25, -0.2) is 4.39 Å². The summed E-state index contributed by atoms with van der Waals surface area (Å²) in [7, 11) is 0. The van der Waals surface area contributed by atoms with E-state index in [4.69, 9.17) is 16.3 Å². The first kappa shape index (κ1) is 21.6. The molecule has 3 aromatic rings. The number of nitrogens with zero attached hydrogens (tertiary/aromatic N) is 1. The van der Waals surface area contributed by atoms with E-state index >= 15 is 0 Å². The summed E-state index contributed by atoms with van der Waals surface area (Å²) < 4.78 is 19.4. The van der Waals surface area contributed by atoms with Gasteiger partial charge in [0, 0.05) is 11.3 Å². The van der Waals surface area contributed by atoms with E-state index in [2.05, 4.69) is 0 Å². The molecule has 1 aliphatic heterocycles. The fraction of sp³-hybridized carbons (Fsp3) is 0.120. The van der Waals surface area contributed by atoms with Crippen LogP contribution in [0, 0.1) is 5.82 Å². The zero-order valence-electron chi connectivity index (χ0n) is 17.1. The number of rotatable bonds is 5. The molecule has 0 saturated carbocycles. The molecule has 3 aromatic carbocycles. The van der Waals surface area contributed by atoms with Gasteiger partial charge in [-0.2, -0.15) is 0 Å². The van der Waals surface area contributed by atoms with Crippen molar-refractivity contribution < 1.29 is 23.8 Å². The highest BCUT2D eigenvalue weighted by Gasteiger charge is 2.47. The minimum atomic E-state index is -0.968. The maximum atomic E-state index is 13.9. The molecule has 1 aliphatic rings. The van der Waals surface area contributed by atoms with Gasteiger partial charge in [-0.3, -0.25) is 14.5 Å². The third-order valence-electron chi connectivity index (χ3n) is 5.15. The number of ketones is 1. The highest BCUT2D eigenvalue weighted by Crippen LogP contribution is 2.43.